The predicted octanol–water partition coefficient (Wildman–Crippen LogP) is 3.47. The van der Waals surface area contributed by atoms with Crippen LogP contribution in [0.2, 0.25) is 5.02 Å². The highest BCUT2D eigenvalue weighted by Gasteiger charge is 2.22. The summed E-state index contributed by atoms with van der Waals surface area (Å²) in [6.07, 6.45) is 0. The molecule has 0 radical (unpaired) electrons. The fourth-order valence-electron chi connectivity index (χ4n) is 2.78. The van der Waals surface area contributed by atoms with Gasteiger partial charge in [-0.1, -0.05) is 11.6 Å². The van der Waals surface area contributed by atoms with Crippen LogP contribution in [0.15, 0.2) is 47.3 Å². The molecule has 30 heavy (non-hydrogen) atoms. The van der Waals surface area contributed by atoms with Crippen molar-refractivity contribution in [3.8, 4) is 11.1 Å². The van der Waals surface area contributed by atoms with Gasteiger partial charge in [0, 0.05) is 29.4 Å². The van der Waals surface area contributed by atoms with Gasteiger partial charge in [-0.2, -0.15) is 5.10 Å². The first-order chi connectivity index (χ1) is 14.2. The number of non-ortho nitro benzene ring substituents is 1. The molecule has 3 rings (SSSR count). The standard InChI is InChI=1S/C18H12ClN5O6/c1-9-15(10-2-5-12(6-3-10)23(27)28)16(18(26)22-21-9)17(25)20-11-4-7-13(19)14(8-11)24(29)30/h2-8H,1H3,(H,20,25)(H,22,26). The third kappa shape index (κ3) is 4.00. The Hall–Kier alpha value is -4.12. The summed E-state index contributed by atoms with van der Waals surface area (Å²) in [4.78, 5) is 45.9. The van der Waals surface area contributed by atoms with Gasteiger partial charge in [-0.15, -0.1) is 0 Å². The molecule has 3 aromatic rings. The Morgan fingerprint density at radius 2 is 1.77 bits per heavy atom. The zero-order valence-corrected chi connectivity index (χ0v) is 16.0. The van der Waals surface area contributed by atoms with E-state index in [0.29, 0.717) is 11.3 Å². The minimum absolute atomic E-state index is 0.0552. The van der Waals surface area contributed by atoms with Gasteiger partial charge in [0.25, 0.3) is 22.8 Å². The Morgan fingerprint density at radius 1 is 1.10 bits per heavy atom. The molecule has 0 unspecified atom stereocenters. The number of nitro groups is 2. The molecule has 0 spiro atoms. The minimum Gasteiger partial charge on any atom is -0.322 e. The van der Waals surface area contributed by atoms with Crippen LogP contribution in [-0.4, -0.2) is 26.0 Å². The Bertz CT molecular complexity index is 1240. The summed E-state index contributed by atoms with van der Waals surface area (Å²) in [6.45, 7) is 1.55. The number of anilines is 1. The van der Waals surface area contributed by atoms with Crippen LogP contribution >= 0.6 is 11.6 Å². The van der Waals surface area contributed by atoms with Crippen molar-refractivity contribution in [2.75, 3.05) is 5.32 Å². The first kappa shape index (κ1) is 20.6. The lowest BCUT2D eigenvalue weighted by Crippen LogP contribution is -2.26. The molecule has 0 aliphatic heterocycles. The van der Waals surface area contributed by atoms with Gasteiger partial charge in [0.2, 0.25) is 0 Å². The summed E-state index contributed by atoms with van der Waals surface area (Å²) >= 11 is 5.77. The second kappa shape index (κ2) is 8.09. The largest absolute Gasteiger partial charge is 0.322 e. The molecule has 0 atom stereocenters. The summed E-state index contributed by atoms with van der Waals surface area (Å²) in [5.41, 5.74) is -0.767. The number of benzene rings is 2. The van der Waals surface area contributed by atoms with E-state index in [9.17, 15) is 29.8 Å². The summed E-state index contributed by atoms with van der Waals surface area (Å²) in [5.74, 6) is -0.841. The second-order valence-electron chi connectivity index (χ2n) is 6.07. The molecular weight excluding hydrogens is 418 g/mol. The lowest BCUT2D eigenvalue weighted by atomic mass is 9.99. The van der Waals surface area contributed by atoms with Crippen molar-refractivity contribution in [2.24, 2.45) is 0 Å². The van der Waals surface area contributed by atoms with E-state index in [1.807, 2.05) is 0 Å². The van der Waals surface area contributed by atoms with Crippen molar-refractivity contribution in [1.29, 1.82) is 0 Å². The number of nitrogens with one attached hydrogen (secondary N) is 2. The van der Waals surface area contributed by atoms with Crippen LogP contribution in [0.5, 0.6) is 0 Å². The van der Waals surface area contributed by atoms with Crippen LogP contribution in [0.3, 0.4) is 0 Å². The van der Waals surface area contributed by atoms with Crippen molar-refractivity contribution in [3.05, 3.63) is 89.3 Å². The monoisotopic (exact) mass is 429 g/mol. The van der Waals surface area contributed by atoms with Crippen molar-refractivity contribution in [3.63, 3.8) is 0 Å². The summed E-state index contributed by atoms with van der Waals surface area (Å²) < 4.78 is 0. The number of aromatic amines is 1. The van der Waals surface area contributed by atoms with Crippen molar-refractivity contribution in [2.45, 2.75) is 6.92 Å². The van der Waals surface area contributed by atoms with Crippen LogP contribution in [0.25, 0.3) is 11.1 Å². The molecule has 0 bridgehead atoms. The first-order valence-corrected chi connectivity index (χ1v) is 8.66. The third-order valence-corrected chi connectivity index (χ3v) is 4.48. The number of hydrogen-bond acceptors (Lipinski definition) is 7. The van der Waals surface area contributed by atoms with Gasteiger partial charge in [0.15, 0.2) is 0 Å². The average Bonchev–Trinajstić information content (AvgIpc) is 2.70. The molecular formula is C18H12ClN5O6. The van der Waals surface area contributed by atoms with Gasteiger partial charge in [0.05, 0.1) is 15.5 Å². The molecule has 1 amide bonds. The highest BCUT2D eigenvalue weighted by Crippen LogP contribution is 2.29. The zero-order chi connectivity index (χ0) is 22.0. The number of hydrogen-bond donors (Lipinski definition) is 2. The molecule has 0 saturated carbocycles. The fourth-order valence-corrected chi connectivity index (χ4v) is 2.97. The van der Waals surface area contributed by atoms with Crippen LogP contribution in [0, 0.1) is 27.2 Å². The smallest absolute Gasteiger partial charge is 0.289 e. The summed E-state index contributed by atoms with van der Waals surface area (Å²) in [5, 5.41) is 30.3. The Labute approximate surface area is 172 Å². The lowest BCUT2D eigenvalue weighted by Gasteiger charge is -2.12. The van der Waals surface area contributed by atoms with Gasteiger partial charge >= 0.3 is 0 Å². The third-order valence-electron chi connectivity index (χ3n) is 4.16. The first-order valence-electron chi connectivity index (χ1n) is 8.28. The number of H-pyrrole nitrogens is 1. The highest BCUT2D eigenvalue weighted by atomic mass is 35.5. The number of rotatable bonds is 5. The zero-order valence-electron chi connectivity index (χ0n) is 15.2. The van der Waals surface area contributed by atoms with E-state index in [0.717, 1.165) is 6.07 Å². The molecule has 0 saturated heterocycles. The molecule has 2 aromatic carbocycles. The Kier molecular flexibility index (Phi) is 5.56. The van der Waals surface area contributed by atoms with Gasteiger partial charge in [-0.05, 0) is 36.8 Å². The molecule has 2 N–H and O–H groups in total. The maximum absolute atomic E-state index is 12.9. The van der Waals surface area contributed by atoms with E-state index in [1.165, 1.54) is 36.4 Å². The topological polar surface area (TPSA) is 161 Å². The predicted molar refractivity (Wildman–Crippen MR) is 108 cm³/mol. The van der Waals surface area contributed by atoms with Gasteiger partial charge < -0.3 is 5.32 Å². The SMILES string of the molecule is Cc1n[nH]c(=O)c(C(=O)Nc2ccc(Cl)c([N+](=O)[O-])c2)c1-c1ccc([N+](=O)[O-])cc1. The Morgan fingerprint density at radius 3 is 2.37 bits per heavy atom. The number of aromatic nitrogens is 2. The Balaban J connectivity index is 2.06. The van der Waals surface area contributed by atoms with Crippen LogP contribution in [0.4, 0.5) is 17.1 Å². The van der Waals surface area contributed by atoms with E-state index in [-0.39, 0.29) is 27.5 Å². The molecule has 0 fully saturated rings. The number of halogens is 1. The normalized spacial score (nSPS) is 10.5. The average molecular weight is 430 g/mol. The van der Waals surface area contributed by atoms with E-state index < -0.39 is 27.0 Å². The highest BCUT2D eigenvalue weighted by molar-refractivity contribution is 6.32. The van der Waals surface area contributed by atoms with Gasteiger partial charge in [-0.25, -0.2) is 5.10 Å². The van der Waals surface area contributed by atoms with E-state index in [4.69, 9.17) is 11.6 Å². The molecule has 0 aliphatic carbocycles. The van der Waals surface area contributed by atoms with Crippen LogP contribution in [0.1, 0.15) is 16.1 Å². The van der Waals surface area contributed by atoms with Crippen LogP contribution < -0.4 is 10.9 Å². The second-order valence-corrected chi connectivity index (χ2v) is 6.48. The molecule has 1 heterocycles. The number of carbonyl (C=O) groups excluding carboxylic acids is 1. The molecule has 12 heteroatoms. The number of aryl methyl sites for hydroxylation is 1. The maximum Gasteiger partial charge on any atom is 0.289 e. The summed E-state index contributed by atoms with van der Waals surface area (Å²) in [7, 11) is 0. The van der Waals surface area contributed by atoms with Crippen molar-refractivity contribution >= 4 is 34.6 Å². The lowest BCUT2D eigenvalue weighted by molar-refractivity contribution is -0.384. The molecule has 1 aromatic heterocycles. The molecule has 152 valence electrons. The van der Waals surface area contributed by atoms with E-state index in [1.54, 1.807) is 6.92 Å². The van der Waals surface area contributed by atoms with Crippen LogP contribution in [-0.2, 0) is 0 Å². The van der Waals surface area contributed by atoms with E-state index in [2.05, 4.69) is 15.5 Å². The minimum atomic E-state index is -0.841. The van der Waals surface area contributed by atoms with Crippen molar-refractivity contribution < 1.29 is 14.6 Å². The van der Waals surface area contributed by atoms with Gasteiger partial charge in [-0.3, -0.25) is 29.8 Å². The quantitative estimate of drug-likeness (QED) is 0.463. The van der Waals surface area contributed by atoms with Gasteiger partial charge in [0.1, 0.15) is 10.6 Å². The number of nitrogens with zero attached hydrogens (tertiary/aromatic N) is 3. The fraction of sp³-hybridized carbons (Fsp3) is 0.0556. The molecule has 0 aliphatic rings. The number of carbonyl (C=O) groups is 1. The van der Waals surface area contributed by atoms with Crippen molar-refractivity contribution in [1.82, 2.24) is 10.2 Å². The molecule has 11 nitrogen and oxygen atoms in total. The van der Waals surface area contributed by atoms with E-state index >= 15 is 0 Å². The maximum atomic E-state index is 12.9. The summed E-state index contributed by atoms with van der Waals surface area (Å²) in [6, 6.07) is 8.92. The number of nitro benzene ring substituents is 2. The number of amides is 1.